The Morgan fingerprint density at radius 2 is 1.83 bits per heavy atom. The van der Waals surface area contributed by atoms with Crippen LogP contribution in [0.25, 0.3) is 11.0 Å². The lowest BCUT2D eigenvalue weighted by molar-refractivity contribution is 0.0147. The number of ether oxygens (including phenoxy) is 1. The van der Waals surface area contributed by atoms with Crippen LogP contribution >= 0.6 is 0 Å². The van der Waals surface area contributed by atoms with Gasteiger partial charge in [-0.25, -0.2) is 9.78 Å². The molecule has 2 aromatic rings. The van der Waals surface area contributed by atoms with Crippen molar-refractivity contribution in [1.29, 1.82) is 0 Å². The van der Waals surface area contributed by atoms with Crippen LogP contribution in [-0.2, 0) is 11.8 Å². The zero-order valence-corrected chi connectivity index (χ0v) is 18.8. The first kappa shape index (κ1) is 22.0. The number of fused-ring (bicyclic) bond motifs is 1. The molecule has 9 nitrogen and oxygen atoms in total. The van der Waals surface area contributed by atoms with Crippen LogP contribution in [-0.4, -0.2) is 81.4 Å². The zero-order chi connectivity index (χ0) is 22.1. The van der Waals surface area contributed by atoms with E-state index in [9.17, 15) is 9.59 Å². The molecular formula is C21H32N6O3. The molecule has 3 heterocycles. The van der Waals surface area contributed by atoms with Crippen LogP contribution in [0.3, 0.4) is 0 Å². The second-order valence-corrected chi connectivity index (χ2v) is 8.78. The van der Waals surface area contributed by atoms with Gasteiger partial charge in [0.15, 0.2) is 5.65 Å². The summed E-state index contributed by atoms with van der Waals surface area (Å²) in [6.45, 7) is 13.4. The summed E-state index contributed by atoms with van der Waals surface area (Å²) in [7, 11) is 1.83. The predicted octanol–water partition coefficient (Wildman–Crippen LogP) is 1.87. The number of pyridine rings is 1. The number of nitrogens with zero attached hydrogens (tertiary/aromatic N) is 5. The van der Waals surface area contributed by atoms with E-state index in [4.69, 9.17) is 4.74 Å². The summed E-state index contributed by atoms with van der Waals surface area (Å²) in [4.78, 5) is 33.5. The molecule has 0 bridgehead atoms. The fourth-order valence-corrected chi connectivity index (χ4v) is 3.65. The van der Waals surface area contributed by atoms with E-state index in [1.54, 1.807) is 9.58 Å². The number of nitrogens with one attached hydrogen (secondary N) is 1. The first-order chi connectivity index (χ1) is 14.0. The van der Waals surface area contributed by atoms with Gasteiger partial charge in [0.2, 0.25) is 0 Å². The largest absolute Gasteiger partial charge is 0.444 e. The Bertz CT molecular complexity index is 938. The molecule has 1 N–H and O–H groups in total. The maximum absolute atomic E-state index is 12.8. The number of aryl methyl sites for hydroxylation is 3. The minimum atomic E-state index is -0.484. The Kier molecular flexibility index (Phi) is 6.30. The van der Waals surface area contributed by atoms with Crippen molar-refractivity contribution < 1.29 is 14.3 Å². The second kappa shape index (κ2) is 8.59. The van der Waals surface area contributed by atoms with Crippen molar-refractivity contribution >= 4 is 23.0 Å². The summed E-state index contributed by atoms with van der Waals surface area (Å²) in [6, 6.07) is 1.81. The van der Waals surface area contributed by atoms with E-state index in [0.717, 1.165) is 42.1 Å². The number of carbonyl (C=O) groups excluding carboxylic acids is 2. The van der Waals surface area contributed by atoms with Gasteiger partial charge < -0.3 is 15.0 Å². The Hall–Kier alpha value is -2.68. The molecule has 164 valence electrons. The van der Waals surface area contributed by atoms with Crippen LogP contribution < -0.4 is 5.32 Å². The minimum Gasteiger partial charge on any atom is -0.444 e. The van der Waals surface area contributed by atoms with E-state index in [1.807, 2.05) is 47.7 Å². The molecule has 2 aromatic heterocycles. The summed E-state index contributed by atoms with van der Waals surface area (Å²) < 4.78 is 7.14. The molecule has 0 spiro atoms. The van der Waals surface area contributed by atoms with E-state index in [2.05, 4.69) is 20.3 Å². The monoisotopic (exact) mass is 416 g/mol. The molecular weight excluding hydrogens is 384 g/mol. The Morgan fingerprint density at radius 3 is 2.47 bits per heavy atom. The molecule has 0 atom stereocenters. The second-order valence-electron chi connectivity index (χ2n) is 8.78. The smallest absolute Gasteiger partial charge is 0.410 e. The van der Waals surface area contributed by atoms with E-state index in [1.165, 1.54) is 0 Å². The molecule has 0 aliphatic carbocycles. The average Bonchev–Trinajstić information content (AvgIpc) is 2.93. The summed E-state index contributed by atoms with van der Waals surface area (Å²) in [6.07, 6.45) is -0.264. The van der Waals surface area contributed by atoms with Crippen LogP contribution in [0.1, 0.15) is 42.5 Å². The van der Waals surface area contributed by atoms with Gasteiger partial charge in [-0.05, 0) is 40.7 Å². The number of rotatable bonds is 4. The van der Waals surface area contributed by atoms with Crippen molar-refractivity contribution in [3.05, 3.63) is 23.0 Å². The zero-order valence-electron chi connectivity index (χ0n) is 18.8. The van der Waals surface area contributed by atoms with Crippen LogP contribution in [0, 0.1) is 13.8 Å². The quantitative estimate of drug-likeness (QED) is 0.818. The highest BCUT2D eigenvalue weighted by atomic mass is 16.6. The van der Waals surface area contributed by atoms with Crippen LogP contribution in [0.2, 0.25) is 0 Å². The van der Waals surface area contributed by atoms with Gasteiger partial charge in [-0.15, -0.1) is 0 Å². The highest BCUT2D eigenvalue weighted by molar-refractivity contribution is 6.06. The average molecular weight is 417 g/mol. The molecule has 1 saturated heterocycles. The Labute approximate surface area is 177 Å². The molecule has 1 aliphatic rings. The van der Waals surface area contributed by atoms with Crippen LogP contribution in [0.15, 0.2) is 6.07 Å². The van der Waals surface area contributed by atoms with Gasteiger partial charge >= 0.3 is 6.09 Å². The number of piperazine rings is 1. The minimum absolute atomic E-state index is 0.117. The first-order valence-electron chi connectivity index (χ1n) is 10.3. The van der Waals surface area contributed by atoms with Gasteiger partial charge in [0.1, 0.15) is 5.60 Å². The normalized spacial score (nSPS) is 15.5. The standard InChI is InChI=1S/C21H32N6O3/c1-14-13-16(17-15(2)24-25(6)18(17)23-14)19(28)22-7-8-26-9-11-27(12-10-26)20(29)30-21(3,4)5/h13H,7-12H2,1-6H3,(H,22,28). The Balaban J connectivity index is 1.52. The van der Waals surface area contributed by atoms with Gasteiger partial charge in [-0.1, -0.05) is 0 Å². The van der Waals surface area contributed by atoms with Gasteiger partial charge in [-0.2, -0.15) is 5.10 Å². The summed E-state index contributed by atoms with van der Waals surface area (Å²) in [5.74, 6) is -0.117. The molecule has 2 amide bonds. The van der Waals surface area contributed by atoms with E-state index in [-0.39, 0.29) is 12.0 Å². The van der Waals surface area contributed by atoms with Crippen LogP contribution in [0.5, 0.6) is 0 Å². The fraction of sp³-hybridized carbons (Fsp3) is 0.619. The SMILES string of the molecule is Cc1cc(C(=O)NCCN2CCN(C(=O)OC(C)(C)C)CC2)c2c(C)nn(C)c2n1. The van der Waals surface area contributed by atoms with Gasteiger partial charge in [0, 0.05) is 52.0 Å². The number of amides is 2. The molecule has 30 heavy (non-hydrogen) atoms. The molecule has 1 fully saturated rings. The highest BCUT2D eigenvalue weighted by Crippen LogP contribution is 2.21. The molecule has 0 saturated carbocycles. The van der Waals surface area contributed by atoms with E-state index < -0.39 is 5.60 Å². The van der Waals surface area contributed by atoms with Crippen molar-refractivity contribution in [2.75, 3.05) is 39.3 Å². The topological polar surface area (TPSA) is 92.6 Å². The maximum atomic E-state index is 12.8. The third kappa shape index (κ3) is 5.08. The number of hydrogen-bond acceptors (Lipinski definition) is 6. The van der Waals surface area contributed by atoms with E-state index >= 15 is 0 Å². The maximum Gasteiger partial charge on any atom is 0.410 e. The Morgan fingerprint density at radius 1 is 1.17 bits per heavy atom. The third-order valence-corrected chi connectivity index (χ3v) is 5.08. The first-order valence-corrected chi connectivity index (χ1v) is 10.3. The molecule has 9 heteroatoms. The third-order valence-electron chi connectivity index (χ3n) is 5.08. The van der Waals surface area contributed by atoms with Crippen molar-refractivity contribution in [3.8, 4) is 0 Å². The molecule has 0 radical (unpaired) electrons. The predicted molar refractivity (Wildman–Crippen MR) is 115 cm³/mol. The van der Waals surface area contributed by atoms with Crippen molar-refractivity contribution in [1.82, 2.24) is 29.9 Å². The fourth-order valence-electron chi connectivity index (χ4n) is 3.65. The van der Waals surface area contributed by atoms with Crippen molar-refractivity contribution in [3.63, 3.8) is 0 Å². The molecule has 0 unspecified atom stereocenters. The summed E-state index contributed by atoms with van der Waals surface area (Å²) in [5, 5.41) is 8.21. The molecule has 3 rings (SSSR count). The van der Waals surface area contributed by atoms with Crippen molar-refractivity contribution in [2.45, 2.75) is 40.2 Å². The molecule has 1 aliphatic heterocycles. The highest BCUT2D eigenvalue weighted by Gasteiger charge is 2.26. The number of hydrogen-bond donors (Lipinski definition) is 1. The molecule has 0 aromatic carbocycles. The lowest BCUT2D eigenvalue weighted by Crippen LogP contribution is -2.51. The van der Waals surface area contributed by atoms with Gasteiger partial charge in [-0.3, -0.25) is 14.4 Å². The number of aromatic nitrogens is 3. The lowest BCUT2D eigenvalue weighted by atomic mass is 10.1. The lowest BCUT2D eigenvalue weighted by Gasteiger charge is -2.35. The van der Waals surface area contributed by atoms with Gasteiger partial charge in [0.05, 0.1) is 16.6 Å². The summed E-state index contributed by atoms with van der Waals surface area (Å²) in [5.41, 5.74) is 2.42. The van der Waals surface area contributed by atoms with Gasteiger partial charge in [0.25, 0.3) is 5.91 Å². The summed E-state index contributed by atoms with van der Waals surface area (Å²) >= 11 is 0. The van der Waals surface area contributed by atoms with Crippen molar-refractivity contribution in [2.24, 2.45) is 7.05 Å². The van der Waals surface area contributed by atoms with E-state index in [0.29, 0.717) is 25.2 Å². The number of carbonyl (C=O) groups is 2. The van der Waals surface area contributed by atoms with Crippen LogP contribution in [0.4, 0.5) is 4.79 Å².